The molecule has 0 bridgehead atoms. The van der Waals surface area contributed by atoms with Gasteiger partial charge in [0.15, 0.2) is 0 Å². The molecule has 1 aromatic heterocycles. The molecule has 1 atom stereocenters. The number of pyridine rings is 1. The van der Waals surface area contributed by atoms with Gasteiger partial charge >= 0.3 is 0 Å². The molecule has 2 heterocycles. The van der Waals surface area contributed by atoms with Gasteiger partial charge in [-0.3, -0.25) is 4.90 Å². The second-order valence-corrected chi connectivity index (χ2v) is 5.14. The maximum Gasteiger partial charge on any atom is 0.217 e. The maximum atomic E-state index is 5.33. The number of ether oxygens (including phenoxy) is 2. The third-order valence-electron chi connectivity index (χ3n) is 3.78. The molecule has 0 spiro atoms. The zero-order valence-corrected chi connectivity index (χ0v) is 12.5. The Labute approximate surface area is 121 Å². The minimum atomic E-state index is 0.594. The molecule has 0 aliphatic carbocycles. The van der Waals surface area contributed by atoms with Gasteiger partial charge in [-0.1, -0.05) is 6.07 Å². The van der Waals surface area contributed by atoms with Gasteiger partial charge < -0.3 is 14.8 Å². The van der Waals surface area contributed by atoms with E-state index in [4.69, 9.17) is 9.47 Å². The summed E-state index contributed by atoms with van der Waals surface area (Å²) in [5.74, 6) is 0.741. The van der Waals surface area contributed by atoms with Crippen LogP contribution in [0, 0.1) is 0 Å². The van der Waals surface area contributed by atoms with Crippen LogP contribution < -0.4 is 10.1 Å². The number of nitrogens with one attached hydrogen (secondary N) is 1. The lowest BCUT2D eigenvalue weighted by molar-refractivity contribution is 0.190. The first-order chi connectivity index (χ1) is 9.85. The molecule has 0 amide bonds. The van der Waals surface area contributed by atoms with Crippen LogP contribution in [0.25, 0.3) is 0 Å². The van der Waals surface area contributed by atoms with Gasteiger partial charge in [-0.2, -0.15) is 0 Å². The second-order valence-electron chi connectivity index (χ2n) is 5.14. The van der Waals surface area contributed by atoms with Crippen LogP contribution in [0.1, 0.15) is 18.4 Å². The fourth-order valence-corrected chi connectivity index (χ4v) is 2.72. The predicted octanol–water partition coefficient (Wildman–Crippen LogP) is 1.29. The Morgan fingerprint density at radius 3 is 3.15 bits per heavy atom. The number of hydrogen-bond acceptors (Lipinski definition) is 5. The highest BCUT2D eigenvalue weighted by Crippen LogP contribution is 2.23. The summed E-state index contributed by atoms with van der Waals surface area (Å²) in [4.78, 5) is 6.78. The Morgan fingerprint density at radius 1 is 1.45 bits per heavy atom. The standard InChI is InChI=1S/C15H25N3O2/c1-19-10-8-16-11-14-6-4-9-18(14)12-13-5-3-7-17-15(13)20-2/h3,5,7,14,16H,4,6,8-12H2,1-2H3. The van der Waals surface area contributed by atoms with Gasteiger partial charge in [-0.05, 0) is 25.5 Å². The van der Waals surface area contributed by atoms with Crippen molar-refractivity contribution in [3.63, 3.8) is 0 Å². The fraction of sp³-hybridized carbons (Fsp3) is 0.667. The highest BCUT2D eigenvalue weighted by molar-refractivity contribution is 5.25. The van der Waals surface area contributed by atoms with Crippen molar-refractivity contribution < 1.29 is 9.47 Å². The monoisotopic (exact) mass is 279 g/mol. The lowest BCUT2D eigenvalue weighted by Gasteiger charge is -2.25. The van der Waals surface area contributed by atoms with Crippen molar-refractivity contribution in [3.05, 3.63) is 23.9 Å². The van der Waals surface area contributed by atoms with Crippen LogP contribution in [0.2, 0.25) is 0 Å². The van der Waals surface area contributed by atoms with Gasteiger partial charge in [0.2, 0.25) is 5.88 Å². The molecule has 1 aromatic rings. The molecule has 1 aliphatic rings. The summed E-state index contributed by atoms with van der Waals surface area (Å²) >= 11 is 0. The van der Waals surface area contributed by atoms with Gasteiger partial charge in [-0.25, -0.2) is 4.98 Å². The summed E-state index contributed by atoms with van der Waals surface area (Å²) in [5.41, 5.74) is 1.17. The first-order valence-corrected chi connectivity index (χ1v) is 7.26. The zero-order valence-electron chi connectivity index (χ0n) is 12.5. The maximum absolute atomic E-state index is 5.33. The van der Waals surface area contributed by atoms with Crippen molar-refractivity contribution in [1.29, 1.82) is 0 Å². The third kappa shape index (κ3) is 4.16. The van der Waals surface area contributed by atoms with Crippen LogP contribution in [-0.2, 0) is 11.3 Å². The number of rotatable bonds is 8. The Morgan fingerprint density at radius 2 is 2.35 bits per heavy atom. The van der Waals surface area contributed by atoms with E-state index >= 15 is 0 Å². The van der Waals surface area contributed by atoms with Crippen molar-refractivity contribution in [1.82, 2.24) is 15.2 Å². The van der Waals surface area contributed by atoms with E-state index in [0.717, 1.165) is 38.7 Å². The number of methoxy groups -OCH3 is 2. The van der Waals surface area contributed by atoms with Gasteiger partial charge in [0.25, 0.3) is 0 Å². The third-order valence-corrected chi connectivity index (χ3v) is 3.78. The summed E-state index contributed by atoms with van der Waals surface area (Å²) in [6.45, 7) is 4.76. The lowest BCUT2D eigenvalue weighted by atomic mass is 10.2. The van der Waals surface area contributed by atoms with Gasteiger partial charge in [0.1, 0.15) is 0 Å². The van der Waals surface area contributed by atoms with Crippen molar-refractivity contribution in [2.75, 3.05) is 40.5 Å². The van der Waals surface area contributed by atoms with Crippen molar-refractivity contribution >= 4 is 0 Å². The van der Waals surface area contributed by atoms with E-state index in [9.17, 15) is 0 Å². The summed E-state index contributed by atoms with van der Waals surface area (Å²) in [5, 5.41) is 3.46. The summed E-state index contributed by atoms with van der Waals surface area (Å²) < 4.78 is 10.4. The molecule has 5 nitrogen and oxygen atoms in total. The molecule has 1 N–H and O–H groups in total. The van der Waals surface area contributed by atoms with Crippen LogP contribution >= 0.6 is 0 Å². The summed E-state index contributed by atoms with van der Waals surface area (Å²) in [6.07, 6.45) is 4.29. The summed E-state index contributed by atoms with van der Waals surface area (Å²) in [7, 11) is 3.41. The number of nitrogens with zero attached hydrogens (tertiary/aromatic N) is 2. The molecule has 1 saturated heterocycles. The number of hydrogen-bond donors (Lipinski definition) is 1. The van der Waals surface area contributed by atoms with Gasteiger partial charge in [-0.15, -0.1) is 0 Å². The van der Waals surface area contributed by atoms with Crippen molar-refractivity contribution in [2.45, 2.75) is 25.4 Å². The lowest BCUT2D eigenvalue weighted by Crippen LogP contribution is -2.38. The molecular formula is C15H25N3O2. The molecule has 1 unspecified atom stereocenters. The summed E-state index contributed by atoms with van der Waals surface area (Å²) in [6, 6.07) is 4.66. The molecule has 1 fully saturated rings. The van der Waals surface area contributed by atoms with Gasteiger partial charge in [0, 0.05) is 44.5 Å². The molecule has 2 rings (SSSR count). The average molecular weight is 279 g/mol. The molecule has 20 heavy (non-hydrogen) atoms. The Balaban J connectivity index is 1.87. The Bertz CT molecular complexity index is 400. The van der Waals surface area contributed by atoms with Gasteiger partial charge in [0.05, 0.1) is 13.7 Å². The first kappa shape index (κ1) is 15.2. The van der Waals surface area contributed by atoms with Crippen molar-refractivity contribution in [3.8, 4) is 5.88 Å². The topological polar surface area (TPSA) is 46.6 Å². The van der Waals surface area contributed by atoms with Crippen LogP contribution in [0.15, 0.2) is 18.3 Å². The Kier molecular flexibility index (Phi) is 6.24. The minimum Gasteiger partial charge on any atom is -0.481 e. The highest BCUT2D eigenvalue weighted by atomic mass is 16.5. The van der Waals surface area contributed by atoms with E-state index in [1.165, 1.54) is 18.4 Å². The molecular weight excluding hydrogens is 254 g/mol. The number of aromatic nitrogens is 1. The average Bonchev–Trinajstić information content (AvgIpc) is 2.91. The van der Waals surface area contributed by atoms with E-state index in [1.54, 1.807) is 20.4 Å². The molecule has 112 valence electrons. The fourth-order valence-electron chi connectivity index (χ4n) is 2.72. The largest absolute Gasteiger partial charge is 0.481 e. The van der Waals surface area contributed by atoms with E-state index in [1.807, 2.05) is 6.07 Å². The second kappa shape index (κ2) is 8.19. The first-order valence-electron chi connectivity index (χ1n) is 7.26. The SMILES string of the molecule is COCCNCC1CCCN1Cc1cccnc1OC. The minimum absolute atomic E-state index is 0.594. The van der Waals surface area contributed by atoms with Crippen LogP contribution in [0.4, 0.5) is 0 Å². The molecule has 1 aliphatic heterocycles. The van der Waals surface area contributed by atoms with Crippen molar-refractivity contribution in [2.24, 2.45) is 0 Å². The van der Waals surface area contributed by atoms with Crippen LogP contribution in [0.3, 0.4) is 0 Å². The Hall–Kier alpha value is -1.17. The molecule has 0 saturated carbocycles. The predicted molar refractivity (Wildman–Crippen MR) is 79.0 cm³/mol. The van der Waals surface area contributed by atoms with E-state index in [0.29, 0.717) is 6.04 Å². The van der Waals surface area contributed by atoms with E-state index in [-0.39, 0.29) is 0 Å². The molecule has 0 aromatic carbocycles. The molecule has 0 radical (unpaired) electrons. The number of likely N-dealkylation sites (tertiary alicyclic amines) is 1. The van der Waals surface area contributed by atoms with Crippen LogP contribution in [-0.4, -0.2) is 56.4 Å². The van der Waals surface area contributed by atoms with E-state index < -0.39 is 0 Å². The highest BCUT2D eigenvalue weighted by Gasteiger charge is 2.24. The normalized spacial score (nSPS) is 19.4. The quantitative estimate of drug-likeness (QED) is 0.727. The zero-order chi connectivity index (χ0) is 14.2. The van der Waals surface area contributed by atoms with E-state index in [2.05, 4.69) is 21.3 Å². The molecule has 5 heteroatoms. The smallest absolute Gasteiger partial charge is 0.217 e. The van der Waals surface area contributed by atoms with Crippen LogP contribution in [0.5, 0.6) is 5.88 Å².